The lowest BCUT2D eigenvalue weighted by molar-refractivity contribution is 0.408. The number of benzene rings is 1. The molecule has 1 atom stereocenters. The number of rotatable bonds is 1. The molecule has 0 saturated carbocycles. The van der Waals surface area contributed by atoms with Crippen molar-refractivity contribution >= 4 is 27.5 Å². The van der Waals surface area contributed by atoms with Crippen molar-refractivity contribution in [2.24, 2.45) is 0 Å². The van der Waals surface area contributed by atoms with E-state index in [0.29, 0.717) is 5.56 Å². The molecule has 4 heteroatoms. The average molecular weight is 293 g/mol. The Hall–Kier alpha value is -0.120. The van der Waals surface area contributed by atoms with Crippen molar-refractivity contribution < 1.29 is 4.39 Å². The second-order valence-electron chi connectivity index (χ2n) is 4.08. The van der Waals surface area contributed by atoms with Crippen LogP contribution in [0.15, 0.2) is 16.6 Å². The van der Waals surface area contributed by atoms with Crippen LogP contribution < -0.4 is 5.32 Å². The highest BCUT2D eigenvalue weighted by atomic mass is 79.9. The zero-order valence-electron chi connectivity index (χ0n) is 8.41. The number of halogens is 3. The fourth-order valence-electron chi connectivity index (χ4n) is 2.14. The monoisotopic (exact) mass is 291 g/mol. The van der Waals surface area contributed by atoms with Crippen molar-refractivity contribution in [1.29, 1.82) is 0 Å². The van der Waals surface area contributed by atoms with Gasteiger partial charge in [0.15, 0.2) is 0 Å². The molecule has 1 aromatic rings. The van der Waals surface area contributed by atoms with Gasteiger partial charge in [0.2, 0.25) is 0 Å². The molecule has 0 spiro atoms. The Morgan fingerprint density at radius 1 is 1.53 bits per heavy atom. The second kappa shape index (κ2) is 4.04. The molecule has 1 aliphatic heterocycles. The van der Waals surface area contributed by atoms with E-state index < -0.39 is 0 Å². The van der Waals surface area contributed by atoms with Gasteiger partial charge in [-0.05, 0) is 38.4 Å². The largest absolute Gasteiger partial charge is 0.307 e. The minimum Gasteiger partial charge on any atom is -0.307 e. The first-order chi connectivity index (χ1) is 7.04. The van der Waals surface area contributed by atoms with Gasteiger partial charge >= 0.3 is 0 Å². The number of hydrogen-bond acceptors (Lipinski definition) is 1. The van der Waals surface area contributed by atoms with Crippen LogP contribution >= 0.6 is 27.5 Å². The maximum Gasteiger partial charge on any atom is 0.147 e. The van der Waals surface area contributed by atoms with Gasteiger partial charge in [0.25, 0.3) is 0 Å². The summed E-state index contributed by atoms with van der Waals surface area (Å²) in [5.41, 5.74) is 0.348. The van der Waals surface area contributed by atoms with Gasteiger partial charge < -0.3 is 5.32 Å². The van der Waals surface area contributed by atoms with Crippen LogP contribution in [0.1, 0.15) is 25.3 Å². The standard InChI is InChI=1S/C11H12BrClFN/c1-11(5-2-6-15-11)9-7(12)3-4-8(13)10(9)14/h3-4,15H,2,5-6H2,1H3. The molecule has 1 N–H and O–H groups in total. The zero-order valence-corrected chi connectivity index (χ0v) is 10.8. The molecule has 0 bridgehead atoms. The van der Waals surface area contributed by atoms with Crippen molar-refractivity contribution in [1.82, 2.24) is 5.32 Å². The Balaban J connectivity index is 2.55. The maximum atomic E-state index is 14.0. The van der Waals surface area contributed by atoms with Crippen LogP contribution in [0.2, 0.25) is 5.02 Å². The zero-order chi connectivity index (χ0) is 11.1. The summed E-state index contributed by atoms with van der Waals surface area (Å²) in [6, 6.07) is 3.37. The lowest BCUT2D eigenvalue weighted by Gasteiger charge is -2.27. The van der Waals surface area contributed by atoms with E-state index in [1.54, 1.807) is 12.1 Å². The van der Waals surface area contributed by atoms with Crippen molar-refractivity contribution in [2.75, 3.05) is 6.54 Å². The molecule has 1 saturated heterocycles. The molecule has 2 rings (SSSR count). The lowest BCUT2D eigenvalue weighted by atomic mass is 9.90. The van der Waals surface area contributed by atoms with E-state index in [1.807, 2.05) is 6.92 Å². The average Bonchev–Trinajstić information content (AvgIpc) is 2.60. The van der Waals surface area contributed by atoms with Gasteiger partial charge in [0.05, 0.1) is 5.02 Å². The van der Waals surface area contributed by atoms with Gasteiger partial charge in [-0.15, -0.1) is 0 Å². The quantitative estimate of drug-likeness (QED) is 0.776. The van der Waals surface area contributed by atoms with Crippen LogP contribution in [0.4, 0.5) is 4.39 Å². The van der Waals surface area contributed by atoms with E-state index in [1.165, 1.54) is 0 Å². The smallest absolute Gasteiger partial charge is 0.147 e. The molecule has 82 valence electrons. The highest BCUT2D eigenvalue weighted by Crippen LogP contribution is 2.38. The third-order valence-electron chi connectivity index (χ3n) is 2.96. The molecule has 1 nitrogen and oxygen atoms in total. The first kappa shape index (κ1) is 11.4. The highest BCUT2D eigenvalue weighted by molar-refractivity contribution is 9.10. The summed E-state index contributed by atoms with van der Waals surface area (Å²) in [4.78, 5) is 0. The van der Waals surface area contributed by atoms with Crippen molar-refractivity contribution in [3.63, 3.8) is 0 Å². The number of nitrogens with one attached hydrogen (secondary N) is 1. The predicted octanol–water partition coefficient (Wildman–Crippen LogP) is 3.84. The Labute approximate surface area is 102 Å². The molecule has 0 radical (unpaired) electrons. The van der Waals surface area contributed by atoms with E-state index in [2.05, 4.69) is 21.2 Å². The van der Waals surface area contributed by atoms with Crippen molar-refractivity contribution in [3.8, 4) is 0 Å². The SMILES string of the molecule is CC1(c2c(Br)ccc(Cl)c2F)CCCN1. The lowest BCUT2D eigenvalue weighted by Crippen LogP contribution is -2.34. The Kier molecular flexibility index (Phi) is 3.06. The summed E-state index contributed by atoms with van der Waals surface area (Å²) >= 11 is 9.19. The molecule has 1 unspecified atom stereocenters. The summed E-state index contributed by atoms with van der Waals surface area (Å²) in [6.45, 7) is 2.94. The molecule has 15 heavy (non-hydrogen) atoms. The van der Waals surface area contributed by atoms with E-state index in [-0.39, 0.29) is 16.4 Å². The third-order valence-corrected chi connectivity index (χ3v) is 3.92. The van der Waals surface area contributed by atoms with Gasteiger partial charge in [-0.25, -0.2) is 4.39 Å². The third kappa shape index (κ3) is 1.93. The Bertz CT molecular complexity index is 388. The molecule has 1 fully saturated rings. The predicted molar refractivity (Wildman–Crippen MR) is 63.7 cm³/mol. The fraction of sp³-hybridized carbons (Fsp3) is 0.455. The molecule has 0 aromatic heterocycles. The second-order valence-corrected chi connectivity index (χ2v) is 5.34. The van der Waals surface area contributed by atoms with Gasteiger partial charge in [0, 0.05) is 15.6 Å². The minimum atomic E-state index is -0.317. The van der Waals surface area contributed by atoms with Crippen LogP contribution in [0.25, 0.3) is 0 Å². The van der Waals surface area contributed by atoms with Crippen molar-refractivity contribution in [2.45, 2.75) is 25.3 Å². The molecular weight excluding hydrogens is 280 g/mol. The van der Waals surface area contributed by atoms with Gasteiger partial charge in [0.1, 0.15) is 5.82 Å². The summed E-state index contributed by atoms with van der Waals surface area (Å²) in [5, 5.41) is 3.51. The maximum absolute atomic E-state index is 14.0. The van der Waals surface area contributed by atoms with Crippen LogP contribution in [0.3, 0.4) is 0 Å². The first-order valence-corrected chi connectivity index (χ1v) is 6.11. The van der Waals surface area contributed by atoms with Crippen LogP contribution in [0.5, 0.6) is 0 Å². The van der Waals surface area contributed by atoms with Crippen LogP contribution in [-0.4, -0.2) is 6.54 Å². The van der Waals surface area contributed by atoms with E-state index in [9.17, 15) is 4.39 Å². The molecular formula is C11H12BrClFN. The van der Waals surface area contributed by atoms with E-state index >= 15 is 0 Å². The minimum absolute atomic E-state index is 0.183. The van der Waals surface area contributed by atoms with Crippen LogP contribution in [0, 0.1) is 5.82 Å². The summed E-state index contributed by atoms with van der Waals surface area (Å²) in [6.07, 6.45) is 2.00. The Morgan fingerprint density at radius 3 is 2.87 bits per heavy atom. The molecule has 1 aromatic carbocycles. The van der Waals surface area contributed by atoms with Crippen LogP contribution in [-0.2, 0) is 5.54 Å². The molecule has 1 aliphatic rings. The van der Waals surface area contributed by atoms with Gasteiger partial charge in [-0.3, -0.25) is 0 Å². The van der Waals surface area contributed by atoms with E-state index in [0.717, 1.165) is 23.9 Å². The summed E-state index contributed by atoms with van der Waals surface area (Å²) in [5.74, 6) is -0.317. The van der Waals surface area contributed by atoms with Gasteiger partial charge in [-0.2, -0.15) is 0 Å². The van der Waals surface area contributed by atoms with E-state index in [4.69, 9.17) is 11.6 Å². The summed E-state index contributed by atoms with van der Waals surface area (Å²) in [7, 11) is 0. The highest BCUT2D eigenvalue weighted by Gasteiger charge is 2.34. The topological polar surface area (TPSA) is 12.0 Å². The fourth-order valence-corrected chi connectivity index (χ4v) is 3.04. The van der Waals surface area contributed by atoms with Gasteiger partial charge in [-0.1, -0.05) is 27.5 Å². The molecule has 1 heterocycles. The normalized spacial score (nSPS) is 25.9. The summed E-state index contributed by atoms with van der Waals surface area (Å²) < 4.78 is 14.7. The molecule has 0 aliphatic carbocycles. The molecule has 0 amide bonds. The first-order valence-electron chi connectivity index (χ1n) is 4.93. The Morgan fingerprint density at radius 2 is 2.27 bits per heavy atom. The number of hydrogen-bond donors (Lipinski definition) is 1. The van der Waals surface area contributed by atoms with Crippen molar-refractivity contribution in [3.05, 3.63) is 33.0 Å².